The van der Waals surface area contributed by atoms with Crippen LogP contribution >= 0.6 is 0 Å². The Morgan fingerprint density at radius 1 is 1.26 bits per heavy atom. The molecule has 1 fully saturated rings. The molecular formula is C19H23N3O. The smallest absolute Gasteiger partial charge is 0.254 e. The van der Waals surface area contributed by atoms with E-state index in [1.807, 2.05) is 12.1 Å². The van der Waals surface area contributed by atoms with Gasteiger partial charge in [0.2, 0.25) is 0 Å². The van der Waals surface area contributed by atoms with E-state index in [1.165, 1.54) is 11.1 Å². The lowest BCUT2D eigenvalue weighted by Crippen LogP contribution is -2.31. The van der Waals surface area contributed by atoms with E-state index in [-0.39, 0.29) is 5.91 Å². The largest absolute Gasteiger partial charge is 0.355 e. The van der Waals surface area contributed by atoms with Gasteiger partial charge in [-0.3, -0.25) is 4.79 Å². The number of carbonyl (C=O) groups excluding carboxylic acids is 1. The number of carbonyl (C=O) groups is 1. The first kappa shape index (κ1) is 15.5. The van der Waals surface area contributed by atoms with Gasteiger partial charge in [-0.05, 0) is 43.5 Å². The van der Waals surface area contributed by atoms with Gasteiger partial charge in [0.05, 0.1) is 5.56 Å². The minimum Gasteiger partial charge on any atom is -0.355 e. The highest BCUT2D eigenvalue weighted by atomic mass is 16.1. The highest BCUT2D eigenvalue weighted by Gasteiger charge is 2.33. The summed E-state index contributed by atoms with van der Waals surface area (Å²) in [7, 11) is 1.66. The number of anilines is 1. The Labute approximate surface area is 137 Å². The maximum Gasteiger partial charge on any atom is 0.254 e. The van der Waals surface area contributed by atoms with Gasteiger partial charge in [-0.1, -0.05) is 24.3 Å². The van der Waals surface area contributed by atoms with E-state index in [4.69, 9.17) is 0 Å². The molecule has 2 aromatic rings. The Bertz CT molecular complexity index is 713. The van der Waals surface area contributed by atoms with Crippen LogP contribution in [0.5, 0.6) is 0 Å². The lowest BCUT2D eigenvalue weighted by Gasteiger charge is -2.24. The second kappa shape index (κ2) is 6.41. The van der Waals surface area contributed by atoms with Gasteiger partial charge in [0.15, 0.2) is 0 Å². The summed E-state index contributed by atoms with van der Waals surface area (Å²) in [5.41, 5.74) is 3.38. The summed E-state index contributed by atoms with van der Waals surface area (Å²) >= 11 is 0. The van der Waals surface area contributed by atoms with Crippen molar-refractivity contribution in [3.8, 4) is 0 Å². The molecule has 0 unspecified atom stereocenters. The number of hydrogen-bond donors (Lipinski definition) is 1. The fraction of sp³-hybridized carbons (Fsp3) is 0.368. The molecule has 1 aromatic heterocycles. The second-order valence-corrected chi connectivity index (χ2v) is 6.24. The molecule has 0 spiro atoms. The number of nitrogens with one attached hydrogen (secondary N) is 1. The molecule has 0 saturated carbocycles. The number of rotatable bonds is 3. The average Bonchev–Trinajstić information content (AvgIpc) is 2.96. The summed E-state index contributed by atoms with van der Waals surface area (Å²) in [6.07, 6.45) is 2.84. The van der Waals surface area contributed by atoms with E-state index in [0.717, 1.165) is 18.8 Å². The van der Waals surface area contributed by atoms with Crippen molar-refractivity contribution in [1.29, 1.82) is 0 Å². The third kappa shape index (κ3) is 2.93. The van der Waals surface area contributed by atoms with Crippen molar-refractivity contribution in [2.24, 2.45) is 0 Å². The molecule has 2 heterocycles. The number of aryl methyl sites for hydroxylation is 1. The van der Waals surface area contributed by atoms with Crippen LogP contribution in [0.1, 0.15) is 40.7 Å². The van der Waals surface area contributed by atoms with Crippen molar-refractivity contribution >= 4 is 11.7 Å². The number of pyridine rings is 1. The molecule has 1 saturated heterocycles. The van der Waals surface area contributed by atoms with E-state index in [2.05, 4.69) is 53.3 Å². The van der Waals surface area contributed by atoms with Gasteiger partial charge < -0.3 is 10.2 Å². The highest BCUT2D eigenvalue weighted by Crippen LogP contribution is 2.36. The number of hydrogen-bond acceptors (Lipinski definition) is 3. The first-order valence-corrected chi connectivity index (χ1v) is 8.11. The minimum absolute atomic E-state index is 0.0837. The zero-order chi connectivity index (χ0) is 16.4. The maximum atomic E-state index is 12.1. The summed E-state index contributed by atoms with van der Waals surface area (Å²) in [5, 5.41) is 2.71. The van der Waals surface area contributed by atoms with Crippen LogP contribution in [-0.4, -0.2) is 30.5 Å². The summed E-state index contributed by atoms with van der Waals surface area (Å²) in [6, 6.07) is 12.6. The Morgan fingerprint density at radius 2 is 2.04 bits per heavy atom. The van der Waals surface area contributed by atoms with Crippen molar-refractivity contribution < 1.29 is 4.79 Å². The van der Waals surface area contributed by atoms with Crippen LogP contribution in [0.25, 0.3) is 0 Å². The molecule has 23 heavy (non-hydrogen) atoms. The summed E-state index contributed by atoms with van der Waals surface area (Å²) < 4.78 is 0. The van der Waals surface area contributed by atoms with E-state index >= 15 is 0 Å². The van der Waals surface area contributed by atoms with Gasteiger partial charge in [-0.15, -0.1) is 0 Å². The molecule has 0 radical (unpaired) electrons. The molecule has 2 atom stereocenters. The van der Waals surface area contributed by atoms with Crippen molar-refractivity contribution in [3.63, 3.8) is 0 Å². The molecule has 120 valence electrons. The van der Waals surface area contributed by atoms with Crippen LogP contribution in [0.4, 0.5) is 5.82 Å². The standard InChI is InChI=1S/C19H23N3O/c1-13-7-4-5-8-16(13)15-11-14(2)22(12-15)18-17(19(23)20-3)9-6-10-21-18/h4-10,14-15H,11-12H2,1-3H3,(H,20,23)/t14-,15+/m1/s1. The fourth-order valence-electron chi connectivity index (χ4n) is 3.53. The lowest BCUT2D eigenvalue weighted by molar-refractivity contribution is 0.0963. The van der Waals surface area contributed by atoms with Crippen LogP contribution in [0.2, 0.25) is 0 Å². The van der Waals surface area contributed by atoms with E-state index in [0.29, 0.717) is 17.5 Å². The second-order valence-electron chi connectivity index (χ2n) is 6.24. The van der Waals surface area contributed by atoms with Crippen molar-refractivity contribution in [1.82, 2.24) is 10.3 Å². The normalized spacial score (nSPS) is 20.6. The Morgan fingerprint density at radius 3 is 2.78 bits per heavy atom. The number of amides is 1. The van der Waals surface area contributed by atoms with Gasteiger partial charge in [-0.25, -0.2) is 4.98 Å². The summed E-state index contributed by atoms with van der Waals surface area (Å²) in [5.74, 6) is 1.18. The molecular weight excluding hydrogens is 286 g/mol. The zero-order valence-corrected chi connectivity index (χ0v) is 13.9. The van der Waals surface area contributed by atoms with E-state index < -0.39 is 0 Å². The summed E-state index contributed by atoms with van der Waals surface area (Å²) in [4.78, 5) is 18.9. The molecule has 4 nitrogen and oxygen atoms in total. The SMILES string of the molecule is CNC(=O)c1cccnc1N1C[C@@H](c2ccccc2C)C[C@H]1C. The van der Waals surface area contributed by atoms with Gasteiger partial charge in [0.25, 0.3) is 5.91 Å². The Balaban J connectivity index is 1.91. The van der Waals surface area contributed by atoms with Gasteiger partial charge in [0, 0.05) is 31.7 Å². The Kier molecular flexibility index (Phi) is 4.33. The molecule has 1 aliphatic rings. The first-order chi connectivity index (χ1) is 11.1. The first-order valence-electron chi connectivity index (χ1n) is 8.11. The molecule has 3 rings (SSSR count). The molecule has 0 bridgehead atoms. The van der Waals surface area contributed by atoms with E-state index in [9.17, 15) is 4.79 Å². The molecule has 1 aliphatic heterocycles. The number of benzene rings is 1. The zero-order valence-electron chi connectivity index (χ0n) is 13.9. The summed E-state index contributed by atoms with van der Waals surface area (Å²) in [6.45, 7) is 5.27. The van der Waals surface area contributed by atoms with Gasteiger partial charge in [0.1, 0.15) is 5.82 Å². The predicted octanol–water partition coefficient (Wildman–Crippen LogP) is 3.13. The monoisotopic (exact) mass is 309 g/mol. The number of nitrogens with zero attached hydrogens (tertiary/aromatic N) is 2. The lowest BCUT2D eigenvalue weighted by atomic mass is 9.93. The van der Waals surface area contributed by atoms with Gasteiger partial charge in [-0.2, -0.15) is 0 Å². The fourth-order valence-corrected chi connectivity index (χ4v) is 3.53. The van der Waals surface area contributed by atoms with Crippen LogP contribution in [-0.2, 0) is 0 Å². The van der Waals surface area contributed by atoms with Crippen LogP contribution < -0.4 is 10.2 Å². The molecule has 1 aromatic carbocycles. The van der Waals surface area contributed by atoms with E-state index in [1.54, 1.807) is 13.2 Å². The quantitative estimate of drug-likeness (QED) is 0.947. The highest BCUT2D eigenvalue weighted by molar-refractivity contribution is 5.98. The number of aromatic nitrogens is 1. The average molecular weight is 309 g/mol. The van der Waals surface area contributed by atoms with Crippen LogP contribution in [0.15, 0.2) is 42.6 Å². The molecule has 4 heteroatoms. The third-order valence-electron chi connectivity index (χ3n) is 4.73. The Hall–Kier alpha value is -2.36. The van der Waals surface area contributed by atoms with Crippen LogP contribution in [0, 0.1) is 6.92 Å². The third-order valence-corrected chi connectivity index (χ3v) is 4.73. The minimum atomic E-state index is -0.0837. The topological polar surface area (TPSA) is 45.2 Å². The van der Waals surface area contributed by atoms with Crippen molar-refractivity contribution in [2.75, 3.05) is 18.5 Å². The molecule has 1 N–H and O–H groups in total. The predicted molar refractivity (Wildman–Crippen MR) is 93.0 cm³/mol. The van der Waals surface area contributed by atoms with Crippen LogP contribution in [0.3, 0.4) is 0 Å². The maximum absolute atomic E-state index is 12.1. The molecule has 0 aliphatic carbocycles. The van der Waals surface area contributed by atoms with Crippen molar-refractivity contribution in [2.45, 2.75) is 32.2 Å². The van der Waals surface area contributed by atoms with Crippen molar-refractivity contribution in [3.05, 3.63) is 59.3 Å². The van der Waals surface area contributed by atoms with Gasteiger partial charge >= 0.3 is 0 Å². The molecule has 1 amide bonds.